The molecule has 0 aliphatic rings. The van der Waals surface area contributed by atoms with Crippen LogP contribution in [-0.2, 0) is 0 Å². The standard InChI is InChI=1S/C48H30N2O/c1-2-13-34(14-3-1)49-42-20-7-4-16-37(42)40-29-31(24-26-44(40)49)32-25-27-45-41(30-32)38-17-5-8-21-43(38)50(45)35-15-10-12-33(28-35)36-19-11-23-47-48(36)39-18-6-9-22-46(39)51-47/h1-30H. The van der Waals surface area contributed by atoms with Crippen LogP contribution >= 0.6 is 0 Å². The third-order valence-corrected chi connectivity index (χ3v) is 10.5. The van der Waals surface area contributed by atoms with E-state index in [1.54, 1.807) is 0 Å². The Morgan fingerprint density at radius 1 is 0.314 bits per heavy atom. The summed E-state index contributed by atoms with van der Waals surface area (Å²) in [4.78, 5) is 0. The topological polar surface area (TPSA) is 23.0 Å². The summed E-state index contributed by atoms with van der Waals surface area (Å²) in [6.07, 6.45) is 0. The van der Waals surface area contributed by atoms with Crippen molar-refractivity contribution in [1.29, 1.82) is 0 Å². The maximum atomic E-state index is 6.24. The van der Waals surface area contributed by atoms with Crippen LogP contribution in [-0.4, -0.2) is 9.13 Å². The van der Waals surface area contributed by atoms with Crippen LogP contribution in [0.4, 0.5) is 0 Å². The highest BCUT2D eigenvalue weighted by molar-refractivity contribution is 6.14. The molecule has 0 bridgehead atoms. The molecule has 0 aliphatic heterocycles. The third kappa shape index (κ3) is 4.19. The van der Waals surface area contributed by atoms with E-state index in [9.17, 15) is 0 Å². The highest BCUT2D eigenvalue weighted by Gasteiger charge is 2.17. The van der Waals surface area contributed by atoms with Gasteiger partial charge >= 0.3 is 0 Å². The van der Waals surface area contributed by atoms with Gasteiger partial charge in [0.25, 0.3) is 0 Å². The molecule has 51 heavy (non-hydrogen) atoms. The van der Waals surface area contributed by atoms with Gasteiger partial charge in [0.05, 0.1) is 22.1 Å². The molecule has 0 amide bonds. The van der Waals surface area contributed by atoms with Gasteiger partial charge in [-0.1, -0.05) is 109 Å². The van der Waals surface area contributed by atoms with E-state index in [-0.39, 0.29) is 0 Å². The smallest absolute Gasteiger partial charge is 0.136 e. The van der Waals surface area contributed by atoms with E-state index in [1.807, 2.05) is 12.1 Å². The molecule has 0 atom stereocenters. The number of rotatable bonds is 4. The number of furan rings is 1. The molecule has 8 aromatic carbocycles. The number of benzene rings is 8. The average molecular weight is 651 g/mol. The van der Waals surface area contributed by atoms with Crippen molar-refractivity contribution in [1.82, 2.24) is 9.13 Å². The molecule has 0 saturated carbocycles. The zero-order valence-electron chi connectivity index (χ0n) is 27.6. The summed E-state index contributed by atoms with van der Waals surface area (Å²) in [5.74, 6) is 0. The van der Waals surface area contributed by atoms with Gasteiger partial charge in [-0.25, -0.2) is 0 Å². The Morgan fingerprint density at radius 2 is 0.843 bits per heavy atom. The predicted molar refractivity (Wildman–Crippen MR) is 213 cm³/mol. The van der Waals surface area contributed by atoms with Crippen molar-refractivity contribution in [3.8, 4) is 33.6 Å². The fourth-order valence-corrected chi connectivity index (χ4v) is 8.27. The second-order valence-corrected chi connectivity index (χ2v) is 13.3. The quantitative estimate of drug-likeness (QED) is 0.186. The van der Waals surface area contributed by atoms with Gasteiger partial charge in [-0.2, -0.15) is 0 Å². The Morgan fingerprint density at radius 3 is 1.55 bits per heavy atom. The fraction of sp³-hybridized carbons (Fsp3) is 0. The summed E-state index contributed by atoms with van der Waals surface area (Å²) in [5, 5.41) is 7.29. The van der Waals surface area contributed by atoms with E-state index in [0.29, 0.717) is 0 Å². The lowest BCUT2D eigenvalue weighted by atomic mass is 9.99. The normalized spacial score (nSPS) is 11.9. The van der Waals surface area contributed by atoms with Crippen LogP contribution < -0.4 is 0 Å². The van der Waals surface area contributed by atoms with Crippen LogP contribution in [0.2, 0.25) is 0 Å². The first-order valence-corrected chi connectivity index (χ1v) is 17.4. The largest absolute Gasteiger partial charge is 0.456 e. The average Bonchev–Trinajstić information content (AvgIpc) is 3.85. The Labute approximate surface area is 293 Å². The van der Waals surface area contributed by atoms with Gasteiger partial charge in [-0.05, 0) is 95.1 Å². The van der Waals surface area contributed by atoms with E-state index in [0.717, 1.165) is 33.2 Å². The molecule has 0 unspecified atom stereocenters. The SMILES string of the molecule is c1ccc(-n2c3ccccc3c3cc(-c4ccc5c(c4)c4ccccc4n5-c4cccc(-c5cccc6oc7ccccc7c56)c4)ccc32)cc1. The first-order chi connectivity index (χ1) is 25.3. The highest BCUT2D eigenvalue weighted by Crippen LogP contribution is 2.40. The molecule has 3 heterocycles. The molecule has 3 heteroatoms. The maximum absolute atomic E-state index is 6.24. The minimum absolute atomic E-state index is 0.909. The van der Waals surface area contributed by atoms with Gasteiger partial charge in [0.1, 0.15) is 11.2 Å². The van der Waals surface area contributed by atoms with Crippen molar-refractivity contribution in [3.05, 3.63) is 182 Å². The highest BCUT2D eigenvalue weighted by atomic mass is 16.3. The first-order valence-electron chi connectivity index (χ1n) is 17.4. The van der Waals surface area contributed by atoms with Crippen molar-refractivity contribution in [3.63, 3.8) is 0 Å². The Balaban J connectivity index is 1.08. The third-order valence-electron chi connectivity index (χ3n) is 10.5. The van der Waals surface area contributed by atoms with Gasteiger partial charge in [0.2, 0.25) is 0 Å². The molecular formula is C48H30N2O. The summed E-state index contributed by atoms with van der Waals surface area (Å²) in [5.41, 5.74) is 13.7. The molecular weight excluding hydrogens is 621 g/mol. The lowest BCUT2D eigenvalue weighted by molar-refractivity contribution is 0.669. The summed E-state index contributed by atoms with van der Waals surface area (Å²) < 4.78 is 11.0. The molecule has 11 rings (SSSR count). The number of para-hydroxylation sites is 4. The van der Waals surface area contributed by atoms with Crippen LogP contribution in [0.25, 0.3) is 99.2 Å². The number of hydrogen-bond donors (Lipinski definition) is 0. The van der Waals surface area contributed by atoms with E-state index in [2.05, 4.69) is 179 Å². The molecule has 3 aromatic heterocycles. The molecule has 0 radical (unpaired) electrons. The van der Waals surface area contributed by atoms with Crippen molar-refractivity contribution >= 4 is 65.6 Å². The van der Waals surface area contributed by atoms with Crippen LogP contribution in [0.5, 0.6) is 0 Å². The Hall–Kier alpha value is -6.84. The zero-order valence-corrected chi connectivity index (χ0v) is 27.6. The minimum atomic E-state index is 0.909. The van der Waals surface area contributed by atoms with Crippen molar-refractivity contribution < 1.29 is 4.42 Å². The Kier molecular flexibility index (Phi) is 5.96. The Bertz CT molecular complexity index is 3140. The summed E-state index contributed by atoms with van der Waals surface area (Å²) in [6, 6.07) is 65.5. The minimum Gasteiger partial charge on any atom is -0.456 e. The molecule has 238 valence electrons. The van der Waals surface area contributed by atoms with Crippen LogP contribution in [0.1, 0.15) is 0 Å². The number of hydrogen-bond acceptors (Lipinski definition) is 1. The van der Waals surface area contributed by atoms with Gasteiger partial charge in [0.15, 0.2) is 0 Å². The molecule has 0 fully saturated rings. The first kappa shape index (κ1) is 28.0. The number of aromatic nitrogens is 2. The maximum Gasteiger partial charge on any atom is 0.136 e. The van der Waals surface area contributed by atoms with E-state index >= 15 is 0 Å². The molecule has 0 saturated heterocycles. The number of nitrogens with zero attached hydrogens (tertiary/aromatic N) is 2. The lowest BCUT2D eigenvalue weighted by Crippen LogP contribution is -1.94. The summed E-state index contributed by atoms with van der Waals surface area (Å²) >= 11 is 0. The van der Waals surface area contributed by atoms with Gasteiger partial charge in [-0.3, -0.25) is 0 Å². The van der Waals surface area contributed by atoms with Crippen molar-refractivity contribution in [2.24, 2.45) is 0 Å². The molecule has 0 aliphatic carbocycles. The fourth-order valence-electron chi connectivity index (χ4n) is 8.27. The molecule has 11 aromatic rings. The van der Waals surface area contributed by atoms with Gasteiger partial charge in [-0.15, -0.1) is 0 Å². The van der Waals surface area contributed by atoms with E-state index in [1.165, 1.54) is 66.0 Å². The monoisotopic (exact) mass is 650 g/mol. The van der Waals surface area contributed by atoms with Crippen LogP contribution in [0.3, 0.4) is 0 Å². The lowest BCUT2D eigenvalue weighted by Gasteiger charge is -2.11. The summed E-state index contributed by atoms with van der Waals surface area (Å²) in [7, 11) is 0. The van der Waals surface area contributed by atoms with Gasteiger partial charge < -0.3 is 13.6 Å². The summed E-state index contributed by atoms with van der Waals surface area (Å²) in [6.45, 7) is 0. The van der Waals surface area contributed by atoms with Gasteiger partial charge in [0, 0.05) is 43.7 Å². The molecule has 0 spiro atoms. The van der Waals surface area contributed by atoms with Crippen molar-refractivity contribution in [2.45, 2.75) is 0 Å². The van der Waals surface area contributed by atoms with Crippen molar-refractivity contribution in [2.75, 3.05) is 0 Å². The van der Waals surface area contributed by atoms with Crippen LogP contribution in [0.15, 0.2) is 186 Å². The molecule has 3 nitrogen and oxygen atoms in total. The van der Waals surface area contributed by atoms with E-state index in [4.69, 9.17) is 4.42 Å². The second-order valence-electron chi connectivity index (χ2n) is 13.3. The zero-order chi connectivity index (χ0) is 33.5. The molecule has 0 N–H and O–H groups in total. The number of fused-ring (bicyclic) bond motifs is 9. The van der Waals surface area contributed by atoms with E-state index < -0.39 is 0 Å². The predicted octanol–water partition coefficient (Wildman–Crippen LogP) is 13.1. The van der Waals surface area contributed by atoms with Crippen LogP contribution in [0, 0.1) is 0 Å². The second kappa shape index (κ2) is 10.8.